The van der Waals surface area contributed by atoms with E-state index in [0.717, 1.165) is 34.4 Å². The zero-order valence-electron chi connectivity index (χ0n) is 23.8. The Morgan fingerprint density at radius 3 is 2.49 bits per heavy atom. The van der Waals surface area contributed by atoms with Crippen LogP contribution in [0.4, 0.5) is 0 Å². The van der Waals surface area contributed by atoms with Crippen molar-refractivity contribution < 1.29 is 9.36 Å². The number of rotatable bonds is 10. The summed E-state index contributed by atoms with van der Waals surface area (Å²) in [6, 6.07) is 15.3. The van der Waals surface area contributed by atoms with Crippen molar-refractivity contribution in [2.45, 2.75) is 59.9 Å². The first-order valence-corrected chi connectivity index (χ1v) is 13.7. The fourth-order valence-electron chi connectivity index (χ4n) is 4.97. The standard InChI is InChI=1S/C30H33N7O4/c1-6-10-26-25(28(38)36(19(4)18(3)34-40-7-2)29-31-20(5)33-37(26)29)17-21-13-15-22(16-14-21)23-11-8-9-12-24(23)27-32-30(39)41-35-27/h8-9,11-16,19H,6-7,10,17H2,1-5H3,(H,32,35,39). The van der Waals surface area contributed by atoms with Crippen LogP contribution in [0.1, 0.15) is 62.8 Å². The van der Waals surface area contributed by atoms with Gasteiger partial charge in [-0.1, -0.05) is 72.2 Å². The highest BCUT2D eigenvalue weighted by atomic mass is 16.6. The van der Waals surface area contributed by atoms with Crippen LogP contribution in [0.15, 0.2) is 67.8 Å². The minimum absolute atomic E-state index is 0.115. The molecule has 0 bridgehead atoms. The summed E-state index contributed by atoms with van der Waals surface area (Å²) < 4.78 is 8.18. The van der Waals surface area contributed by atoms with E-state index in [4.69, 9.17) is 9.36 Å². The number of fused-ring (bicyclic) bond motifs is 1. The highest BCUT2D eigenvalue weighted by Crippen LogP contribution is 2.30. The van der Waals surface area contributed by atoms with Crippen LogP contribution in [0.3, 0.4) is 0 Å². The third-order valence-electron chi connectivity index (χ3n) is 7.08. The van der Waals surface area contributed by atoms with Gasteiger partial charge < -0.3 is 4.84 Å². The lowest BCUT2D eigenvalue weighted by atomic mass is 9.96. The Kier molecular flexibility index (Phi) is 7.95. The van der Waals surface area contributed by atoms with E-state index in [1.807, 2.05) is 80.7 Å². The van der Waals surface area contributed by atoms with Crippen LogP contribution < -0.4 is 11.3 Å². The van der Waals surface area contributed by atoms with Crippen LogP contribution in [0.5, 0.6) is 0 Å². The maximum absolute atomic E-state index is 14.1. The lowest BCUT2D eigenvalue weighted by Gasteiger charge is -2.20. The van der Waals surface area contributed by atoms with Gasteiger partial charge in [-0.15, -0.1) is 0 Å². The van der Waals surface area contributed by atoms with Crippen LogP contribution in [-0.4, -0.2) is 41.6 Å². The summed E-state index contributed by atoms with van der Waals surface area (Å²) in [5.74, 6) is 0.854. The molecule has 0 aliphatic rings. The van der Waals surface area contributed by atoms with Crippen molar-refractivity contribution in [1.29, 1.82) is 0 Å². The Labute approximate surface area is 236 Å². The maximum atomic E-state index is 14.1. The van der Waals surface area contributed by atoms with Gasteiger partial charge in [0.15, 0.2) is 5.82 Å². The smallest absolute Gasteiger partial charge is 0.396 e. The molecule has 5 rings (SSSR count). The zero-order valence-corrected chi connectivity index (χ0v) is 23.8. The Morgan fingerprint density at radius 2 is 1.83 bits per heavy atom. The topological polar surface area (TPSA) is 133 Å². The first-order valence-electron chi connectivity index (χ1n) is 13.7. The number of benzene rings is 2. The van der Waals surface area contributed by atoms with Gasteiger partial charge in [0.2, 0.25) is 5.78 Å². The fraction of sp³-hybridized carbons (Fsp3) is 0.333. The average Bonchev–Trinajstić information content (AvgIpc) is 3.58. The molecule has 1 atom stereocenters. The van der Waals surface area contributed by atoms with Gasteiger partial charge in [-0.3, -0.25) is 18.9 Å². The molecule has 0 aliphatic carbocycles. The summed E-state index contributed by atoms with van der Waals surface area (Å²) in [7, 11) is 0. The van der Waals surface area contributed by atoms with Gasteiger partial charge >= 0.3 is 5.76 Å². The molecule has 11 heteroatoms. The second-order valence-corrected chi connectivity index (χ2v) is 9.91. The van der Waals surface area contributed by atoms with Gasteiger partial charge in [0, 0.05) is 17.5 Å². The quantitative estimate of drug-likeness (QED) is 0.195. The second kappa shape index (κ2) is 11.7. The number of aromatic amines is 1. The largest absolute Gasteiger partial charge is 0.439 e. The summed E-state index contributed by atoms with van der Waals surface area (Å²) in [4.78, 5) is 38.2. The van der Waals surface area contributed by atoms with E-state index in [-0.39, 0.29) is 11.6 Å². The van der Waals surface area contributed by atoms with E-state index in [2.05, 4.69) is 32.3 Å². The molecule has 0 spiro atoms. The van der Waals surface area contributed by atoms with Crippen molar-refractivity contribution in [3.8, 4) is 22.5 Å². The first kappa shape index (κ1) is 27.8. The van der Waals surface area contributed by atoms with Crippen LogP contribution in [-0.2, 0) is 17.7 Å². The number of aromatic nitrogens is 6. The molecule has 0 fully saturated rings. The maximum Gasteiger partial charge on any atom is 0.439 e. The highest BCUT2D eigenvalue weighted by molar-refractivity contribution is 5.85. The minimum atomic E-state index is -0.605. The number of oxime groups is 1. The lowest BCUT2D eigenvalue weighted by Crippen LogP contribution is -2.34. The number of hydrogen-bond acceptors (Lipinski definition) is 8. The van der Waals surface area contributed by atoms with Crippen molar-refractivity contribution in [2.75, 3.05) is 6.61 Å². The third kappa shape index (κ3) is 5.47. The van der Waals surface area contributed by atoms with E-state index >= 15 is 0 Å². The molecule has 0 saturated heterocycles. The van der Waals surface area contributed by atoms with E-state index in [1.54, 1.807) is 4.57 Å². The second-order valence-electron chi connectivity index (χ2n) is 9.91. The molecule has 1 N–H and O–H groups in total. The summed E-state index contributed by atoms with van der Waals surface area (Å²) >= 11 is 0. The summed E-state index contributed by atoms with van der Waals surface area (Å²) in [5.41, 5.74) is 5.66. The van der Waals surface area contributed by atoms with Gasteiger partial charge in [-0.2, -0.15) is 10.1 Å². The molecule has 41 heavy (non-hydrogen) atoms. The molecular formula is C30H33N7O4. The highest BCUT2D eigenvalue weighted by Gasteiger charge is 2.24. The Bertz CT molecular complexity index is 1830. The zero-order chi connectivity index (χ0) is 29.1. The predicted molar refractivity (Wildman–Crippen MR) is 156 cm³/mol. The first-order chi connectivity index (χ1) is 19.8. The summed E-state index contributed by atoms with van der Waals surface area (Å²) in [6.45, 7) is 9.98. The Hall–Kier alpha value is -4.80. The minimum Gasteiger partial charge on any atom is -0.396 e. The molecule has 212 valence electrons. The molecule has 0 aliphatic heterocycles. The molecule has 3 aromatic heterocycles. The van der Waals surface area contributed by atoms with Crippen molar-refractivity contribution in [2.24, 2.45) is 5.16 Å². The average molecular weight is 556 g/mol. The van der Waals surface area contributed by atoms with Crippen LogP contribution in [0.2, 0.25) is 0 Å². The number of aryl methyl sites for hydroxylation is 2. The molecule has 11 nitrogen and oxygen atoms in total. The third-order valence-corrected chi connectivity index (χ3v) is 7.08. The number of H-pyrrole nitrogens is 1. The van der Waals surface area contributed by atoms with Crippen molar-refractivity contribution in [1.82, 2.24) is 29.3 Å². The van der Waals surface area contributed by atoms with Gasteiger partial charge in [0.1, 0.15) is 12.4 Å². The molecule has 0 amide bonds. The number of nitrogens with one attached hydrogen (secondary N) is 1. The molecule has 0 radical (unpaired) electrons. The van der Waals surface area contributed by atoms with Gasteiger partial charge in [-0.25, -0.2) is 9.31 Å². The van der Waals surface area contributed by atoms with Crippen molar-refractivity contribution >= 4 is 11.5 Å². The molecule has 1 unspecified atom stereocenters. The molecule has 2 aromatic carbocycles. The van der Waals surface area contributed by atoms with E-state index < -0.39 is 5.76 Å². The number of nitrogens with zero attached hydrogens (tertiary/aromatic N) is 6. The van der Waals surface area contributed by atoms with Crippen LogP contribution in [0, 0.1) is 6.92 Å². The lowest BCUT2D eigenvalue weighted by molar-refractivity contribution is 0.157. The molecule has 3 heterocycles. The SMILES string of the molecule is CCCc1c(Cc2ccc(-c3ccccc3-c3noc(=O)[nH]3)cc2)c(=O)n(C(C)C(C)=NOCC)c2nc(C)nn12. The Morgan fingerprint density at radius 1 is 1.10 bits per heavy atom. The van der Waals surface area contributed by atoms with Gasteiger partial charge in [-0.05, 0) is 50.8 Å². The summed E-state index contributed by atoms with van der Waals surface area (Å²) in [5, 5.41) is 12.7. The molecule has 5 aromatic rings. The Balaban J connectivity index is 1.57. The summed E-state index contributed by atoms with van der Waals surface area (Å²) in [6.07, 6.45) is 1.97. The van der Waals surface area contributed by atoms with Crippen LogP contribution in [0.25, 0.3) is 28.3 Å². The van der Waals surface area contributed by atoms with Crippen LogP contribution >= 0.6 is 0 Å². The molecule has 0 saturated carbocycles. The van der Waals surface area contributed by atoms with Crippen molar-refractivity contribution in [3.05, 3.63) is 92.1 Å². The van der Waals surface area contributed by atoms with Gasteiger partial charge in [0.25, 0.3) is 5.56 Å². The van der Waals surface area contributed by atoms with Gasteiger partial charge in [0.05, 0.1) is 17.4 Å². The fourth-order valence-corrected chi connectivity index (χ4v) is 4.97. The number of hydrogen-bond donors (Lipinski definition) is 1. The van der Waals surface area contributed by atoms with E-state index in [0.29, 0.717) is 48.2 Å². The monoisotopic (exact) mass is 555 g/mol. The van der Waals surface area contributed by atoms with E-state index in [1.165, 1.54) is 0 Å². The van der Waals surface area contributed by atoms with E-state index in [9.17, 15) is 9.59 Å². The van der Waals surface area contributed by atoms with Crippen molar-refractivity contribution in [3.63, 3.8) is 0 Å². The normalized spacial score (nSPS) is 12.7. The predicted octanol–water partition coefficient (Wildman–Crippen LogP) is 4.73. The molecular weight excluding hydrogens is 522 g/mol.